The molecule has 17 heavy (non-hydrogen) atoms. The van der Waals surface area contributed by atoms with Crippen molar-refractivity contribution in [2.45, 2.75) is 41.0 Å². The van der Waals surface area contributed by atoms with Gasteiger partial charge in [-0.3, -0.25) is 0 Å². The Hall–Kier alpha value is -0.380. The van der Waals surface area contributed by atoms with Gasteiger partial charge in [0.25, 0.3) is 0 Å². The number of thioether (sulfide) groups is 1. The van der Waals surface area contributed by atoms with Gasteiger partial charge in [-0.05, 0) is 30.4 Å². The van der Waals surface area contributed by atoms with Crippen molar-refractivity contribution >= 4 is 17.9 Å². The molecule has 0 saturated heterocycles. The summed E-state index contributed by atoms with van der Waals surface area (Å²) >= 11 is 1.96. The van der Waals surface area contributed by atoms with Crippen molar-refractivity contribution in [3.05, 3.63) is 0 Å². The van der Waals surface area contributed by atoms with E-state index in [4.69, 9.17) is 4.74 Å². The molecule has 0 aliphatic rings. The fraction of sp³-hybridized carbons (Fsp3) is 0.923. The van der Waals surface area contributed by atoms with Crippen molar-refractivity contribution < 1.29 is 9.53 Å². The Kier molecular flexibility index (Phi) is 8.48. The van der Waals surface area contributed by atoms with E-state index in [-0.39, 0.29) is 11.5 Å². The third-order valence-electron chi connectivity index (χ3n) is 2.32. The molecule has 0 aromatic carbocycles. The summed E-state index contributed by atoms with van der Waals surface area (Å²) < 4.78 is 4.84. The van der Waals surface area contributed by atoms with Gasteiger partial charge in [0.15, 0.2) is 0 Å². The fourth-order valence-corrected chi connectivity index (χ4v) is 2.65. The van der Waals surface area contributed by atoms with E-state index in [9.17, 15) is 4.79 Å². The van der Waals surface area contributed by atoms with Gasteiger partial charge < -0.3 is 10.1 Å². The molecule has 0 rings (SSSR count). The summed E-state index contributed by atoms with van der Waals surface area (Å²) in [5.41, 5.74) is 0.119. The van der Waals surface area contributed by atoms with Gasteiger partial charge in [-0.15, -0.1) is 0 Å². The van der Waals surface area contributed by atoms with E-state index < -0.39 is 0 Å². The monoisotopic (exact) mass is 261 g/mol. The zero-order valence-corrected chi connectivity index (χ0v) is 12.7. The average molecular weight is 261 g/mol. The van der Waals surface area contributed by atoms with Gasteiger partial charge in [0.2, 0.25) is 0 Å². The van der Waals surface area contributed by atoms with Crippen LogP contribution in [0.2, 0.25) is 0 Å². The highest BCUT2D eigenvalue weighted by Crippen LogP contribution is 2.22. The highest BCUT2D eigenvalue weighted by molar-refractivity contribution is 7.99. The van der Waals surface area contributed by atoms with E-state index in [1.54, 1.807) is 0 Å². The number of hydrogen-bond donors (Lipinski definition) is 1. The highest BCUT2D eigenvalue weighted by atomic mass is 32.2. The molecule has 0 unspecified atom stereocenters. The van der Waals surface area contributed by atoms with Gasteiger partial charge in [-0.2, -0.15) is 11.8 Å². The van der Waals surface area contributed by atoms with Gasteiger partial charge in [-0.25, -0.2) is 4.79 Å². The van der Waals surface area contributed by atoms with Crippen LogP contribution in [0.1, 0.15) is 41.0 Å². The first-order valence-electron chi connectivity index (χ1n) is 6.35. The Balaban J connectivity index is 3.68. The second kappa shape index (κ2) is 8.67. The number of hydrogen-bond acceptors (Lipinski definition) is 3. The lowest BCUT2D eigenvalue weighted by Crippen LogP contribution is -2.35. The average Bonchev–Trinajstić information content (AvgIpc) is 2.22. The molecule has 0 saturated carbocycles. The minimum Gasteiger partial charge on any atom is -0.450 e. The van der Waals surface area contributed by atoms with Crippen molar-refractivity contribution in [1.82, 2.24) is 5.32 Å². The summed E-state index contributed by atoms with van der Waals surface area (Å²) in [6, 6.07) is 0. The van der Waals surface area contributed by atoms with Crippen LogP contribution in [0.15, 0.2) is 0 Å². The van der Waals surface area contributed by atoms with Crippen LogP contribution in [-0.4, -0.2) is 30.8 Å². The van der Waals surface area contributed by atoms with Gasteiger partial charge in [0.1, 0.15) is 0 Å². The number of rotatable bonds is 8. The molecule has 0 fully saturated rings. The van der Waals surface area contributed by atoms with E-state index in [0.29, 0.717) is 13.2 Å². The molecule has 0 aromatic heterocycles. The van der Waals surface area contributed by atoms with Crippen molar-refractivity contribution in [2.24, 2.45) is 11.3 Å². The summed E-state index contributed by atoms with van der Waals surface area (Å²) in [5.74, 6) is 3.02. The minimum atomic E-state index is -0.312. The van der Waals surface area contributed by atoms with E-state index in [1.165, 1.54) is 12.2 Å². The van der Waals surface area contributed by atoms with Crippen molar-refractivity contribution in [3.63, 3.8) is 0 Å². The second-order valence-electron chi connectivity index (χ2n) is 5.47. The molecule has 0 aliphatic heterocycles. The van der Waals surface area contributed by atoms with Gasteiger partial charge in [0, 0.05) is 12.3 Å². The lowest BCUT2D eigenvalue weighted by Gasteiger charge is -2.24. The molecule has 0 radical (unpaired) electrons. The zero-order valence-electron chi connectivity index (χ0n) is 11.8. The Morgan fingerprint density at radius 2 is 2.06 bits per heavy atom. The number of amides is 1. The van der Waals surface area contributed by atoms with Gasteiger partial charge in [-0.1, -0.05) is 27.7 Å². The number of ether oxygens (including phenoxy) is 1. The van der Waals surface area contributed by atoms with Crippen molar-refractivity contribution in [1.29, 1.82) is 0 Å². The molecule has 3 nitrogen and oxygen atoms in total. The predicted octanol–water partition coefficient (Wildman–Crippen LogP) is 3.54. The van der Waals surface area contributed by atoms with Crippen LogP contribution in [0.3, 0.4) is 0 Å². The summed E-state index contributed by atoms with van der Waals surface area (Å²) in [6.07, 6.45) is 0.944. The van der Waals surface area contributed by atoms with Crippen LogP contribution >= 0.6 is 11.8 Å². The molecular weight excluding hydrogens is 234 g/mol. The maximum atomic E-state index is 11.2. The van der Waals surface area contributed by atoms with Crippen LogP contribution in [0, 0.1) is 11.3 Å². The smallest absolute Gasteiger partial charge is 0.407 e. The number of carbonyl (C=O) groups excluding carboxylic acids is 1. The zero-order chi connectivity index (χ0) is 13.3. The highest BCUT2D eigenvalue weighted by Gasteiger charge is 2.19. The van der Waals surface area contributed by atoms with Gasteiger partial charge in [0.05, 0.1) is 6.61 Å². The lowest BCUT2D eigenvalue weighted by molar-refractivity contribution is 0.148. The van der Waals surface area contributed by atoms with Crippen LogP contribution in [-0.2, 0) is 4.74 Å². The first-order valence-corrected chi connectivity index (χ1v) is 7.51. The fourth-order valence-electron chi connectivity index (χ4n) is 1.21. The lowest BCUT2D eigenvalue weighted by atomic mass is 9.97. The molecule has 0 aliphatic carbocycles. The summed E-state index contributed by atoms with van der Waals surface area (Å²) in [7, 11) is 0. The molecule has 1 amide bonds. The topological polar surface area (TPSA) is 38.3 Å². The number of carbonyl (C=O) groups is 1. The molecule has 0 aromatic rings. The molecule has 102 valence electrons. The standard InChI is InChI=1S/C13H27NO2S/c1-6-16-12(15)14-9-13(4,5)10-17-8-7-11(2)3/h11H,6-10H2,1-5H3,(H,14,15). The van der Waals surface area contributed by atoms with E-state index in [1.807, 2.05) is 18.7 Å². The van der Waals surface area contributed by atoms with Crippen molar-refractivity contribution in [2.75, 3.05) is 24.7 Å². The van der Waals surface area contributed by atoms with Crippen LogP contribution < -0.4 is 5.32 Å². The Morgan fingerprint density at radius 3 is 2.59 bits per heavy atom. The van der Waals surface area contributed by atoms with E-state index in [2.05, 4.69) is 33.0 Å². The van der Waals surface area contributed by atoms with Crippen LogP contribution in [0.25, 0.3) is 0 Å². The Morgan fingerprint density at radius 1 is 1.41 bits per heavy atom. The number of nitrogens with one attached hydrogen (secondary N) is 1. The Labute approximate surface area is 110 Å². The van der Waals surface area contributed by atoms with Crippen LogP contribution in [0.4, 0.5) is 4.79 Å². The molecule has 0 spiro atoms. The van der Waals surface area contributed by atoms with Gasteiger partial charge >= 0.3 is 6.09 Å². The van der Waals surface area contributed by atoms with E-state index >= 15 is 0 Å². The molecule has 4 heteroatoms. The molecular formula is C13H27NO2S. The Bertz CT molecular complexity index is 217. The molecule has 0 bridgehead atoms. The minimum absolute atomic E-state index is 0.119. The largest absolute Gasteiger partial charge is 0.450 e. The first kappa shape index (κ1) is 16.6. The maximum absolute atomic E-state index is 11.2. The first-order chi connectivity index (χ1) is 7.87. The quantitative estimate of drug-likeness (QED) is 0.679. The summed E-state index contributed by atoms with van der Waals surface area (Å²) in [5, 5.41) is 2.80. The summed E-state index contributed by atoms with van der Waals surface area (Å²) in [6.45, 7) is 11.7. The third-order valence-corrected chi connectivity index (χ3v) is 3.83. The molecule has 0 atom stereocenters. The number of alkyl carbamates (subject to hydrolysis) is 1. The van der Waals surface area contributed by atoms with Crippen LogP contribution in [0.5, 0.6) is 0 Å². The summed E-state index contributed by atoms with van der Waals surface area (Å²) in [4.78, 5) is 11.2. The SMILES string of the molecule is CCOC(=O)NCC(C)(C)CSCCC(C)C. The second-order valence-corrected chi connectivity index (χ2v) is 6.58. The normalized spacial score (nSPS) is 11.6. The maximum Gasteiger partial charge on any atom is 0.407 e. The third kappa shape index (κ3) is 10.5. The molecule has 0 heterocycles. The molecule has 1 N–H and O–H groups in total. The predicted molar refractivity (Wildman–Crippen MR) is 75.6 cm³/mol. The van der Waals surface area contributed by atoms with E-state index in [0.717, 1.165) is 11.7 Å². The van der Waals surface area contributed by atoms with Crippen molar-refractivity contribution in [3.8, 4) is 0 Å².